The van der Waals surface area contributed by atoms with Crippen LogP contribution in [-0.2, 0) is 20.8 Å². The fraction of sp³-hybridized carbons (Fsp3) is 0.469. The molecule has 1 saturated carbocycles. The number of fused-ring (bicyclic) bond motifs is 1. The highest BCUT2D eigenvalue weighted by Gasteiger charge is 2.34. The summed E-state index contributed by atoms with van der Waals surface area (Å²) >= 11 is 5.94. The molecule has 4 amide bonds. The largest absolute Gasteiger partial charge is 0.449 e. The van der Waals surface area contributed by atoms with Crippen LogP contribution in [0.1, 0.15) is 67.5 Å². The third kappa shape index (κ3) is 6.54. The van der Waals surface area contributed by atoms with E-state index in [0.717, 1.165) is 57.4 Å². The van der Waals surface area contributed by atoms with E-state index in [1.54, 1.807) is 18.2 Å². The Morgan fingerprint density at radius 1 is 0.860 bits per heavy atom. The molecule has 3 fully saturated rings. The molecule has 0 radical (unpaired) electrons. The van der Waals surface area contributed by atoms with Crippen LogP contribution < -0.4 is 10.6 Å². The molecule has 0 bridgehead atoms. The van der Waals surface area contributed by atoms with Gasteiger partial charge in [0.15, 0.2) is 0 Å². The lowest BCUT2D eigenvalue weighted by Gasteiger charge is -2.29. The molecule has 2 aliphatic heterocycles. The molecule has 6 rings (SSSR count). The molecule has 2 aromatic heterocycles. The van der Waals surface area contributed by atoms with Crippen LogP contribution in [0.25, 0.3) is 11.0 Å². The van der Waals surface area contributed by atoms with E-state index in [1.165, 1.54) is 6.20 Å². The Morgan fingerprint density at radius 3 is 2.21 bits per heavy atom. The summed E-state index contributed by atoms with van der Waals surface area (Å²) in [5.74, 6) is -0.628. The number of likely N-dealkylation sites (tertiary alicyclic amines) is 2. The quantitative estimate of drug-likeness (QED) is 0.378. The number of carbonyl (C=O) groups is 4. The molecule has 226 valence electrons. The highest BCUT2D eigenvalue weighted by molar-refractivity contribution is 6.30. The molecule has 2 N–H and O–H groups in total. The van der Waals surface area contributed by atoms with E-state index in [4.69, 9.17) is 16.0 Å². The van der Waals surface area contributed by atoms with Crippen molar-refractivity contribution < 1.29 is 23.6 Å². The number of nitrogens with one attached hydrogen (secondary N) is 2. The summed E-state index contributed by atoms with van der Waals surface area (Å²) in [5, 5.41) is 6.68. The third-order valence-electron chi connectivity index (χ3n) is 8.85. The van der Waals surface area contributed by atoms with Gasteiger partial charge in [-0.05, 0) is 81.2 Å². The first-order chi connectivity index (χ1) is 20.9. The van der Waals surface area contributed by atoms with Crippen LogP contribution in [0.5, 0.6) is 0 Å². The monoisotopic (exact) mass is 605 g/mol. The van der Waals surface area contributed by atoms with Crippen molar-refractivity contribution in [3.8, 4) is 0 Å². The highest BCUT2D eigenvalue weighted by Crippen LogP contribution is 2.36. The Balaban J connectivity index is 1.22. The average Bonchev–Trinajstić information content (AvgIpc) is 3.80. The summed E-state index contributed by atoms with van der Waals surface area (Å²) in [4.78, 5) is 60.7. The average molecular weight is 606 g/mol. The minimum atomic E-state index is -0.573. The van der Waals surface area contributed by atoms with Gasteiger partial charge >= 0.3 is 0 Å². The maximum absolute atomic E-state index is 13.6. The molecule has 4 heterocycles. The van der Waals surface area contributed by atoms with Crippen LogP contribution >= 0.6 is 11.6 Å². The van der Waals surface area contributed by atoms with Gasteiger partial charge in [-0.1, -0.05) is 17.7 Å². The maximum Gasteiger partial charge on any atom is 0.294 e. The number of hydrogen-bond acceptors (Lipinski definition) is 6. The van der Waals surface area contributed by atoms with Gasteiger partial charge < -0.3 is 24.9 Å². The minimum Gasteiger partial charge on any atom is -0.449 e. The fourth-order valence-corrected chi connectivity index (χ4v) is 6.55. The van der Waals surface area contributed by atoms with Crippen molar-refractivity contribution in [3.63, 3.8) is 0 Å². The summed E-state index contributed by atoms with van der Waals surface area (Å²) < 4.78 is 5.98. The van der Waals surface area contributed by atoms with Gasteiger partial charge in [0, 0.05) is 49.6 Å². The van der Waals surface area contributed by atoms with Gasteiger partial charge in [-0.2, -0.15) is 0 Å². The number of furan rings is 1. The van der Waals surface area contributed by atoms with Crippen LogP contribution in [0.3, 0.4) is 0 Å². The van der Waals surface area contributed by atoms with E-state index in [-0.39, 0.29) is 53.2 Å². The van der Waals surface area contributed by atoms with Crippen molar-refractivity contribution >= 4 is 57.7 Å². The van der Waals surface area contributed by atoms with Gasteiger partial charge in [-0.15, -0.1) is 0 Å². The van der Waals surface area contributed by atoms with Gasteiger partial charge in [-0.3, -0.25) is 19.2 Å². The van der Waals surface area contributed by atoms with Crippen molar-refractivity contribution in [1.82, 2.24) is 14.8 Å². The van der Waals surface area contributed by atoms with Crippen molar-refractivity contribution in [3.05, 3.63) is 52.9 Å². The second-order valence-electron chi connectivity index (χ2n) is 11.8. The summed E-state index contributed by atoms with van der Waals surface area (Å²) in [5.41, 5.74) is 1.45. The number of benzene rings is 1. The normalized spacial score (nSPS) is 20.4. The Bertz CT molecular complexity index is 1520. The van der Waals surface area contributed by atoms with E-state index < -0.39 is 5.91 Å². The molecule has 0 atom stereocenters. The summed E-state index contributed by atoms with van der Waals surface area (Å²) in [7, 11) is 0. The van der Waals surface area contributed by atoms with E-state index in [2.05, 4.69) is 15.6 Å². The second kappa shape index (κ2) is 12.8. The summed E-state index contributed by atoms with van der Waals surface area (Å²) in [6.07, 6.45) is 8.30. The van der Waals surface area contributed by atoms with Crippen molar-refractivity contribution in [1.29, 1.82) is 0 Å². The van der Waals surface area contributed by atoms with Crippen LogP contribution in [0.2, 0.25) is 5.02 Å². The number of nitrogens with zero attached hydrogens (tertiary/aromatic N) is 3. The molecular weight excluding hydrogens is 570 g/mol. The number of halogens is 1. The number of carbonyl (C=O) groups excluding carboxylic acids is 4. The van der Waals surface area contributed by atoms with Gasteiger partial charge in [0.2, 0.25) is 23.5 Å². The van der Waals surface area contributed by atoms with Crippen LogP contribution in [-0.4, -0.2) is 64.6 Å². The smallest absolute Gasteiger partial charge is 0.294 e. The lowest BCUT2D eigenvalue weighted by molar-refractivity contribution is -0.136. The van der Waals surface area contributed by atoms with Crippen molar-refractivity contribution in [2.24, 2.45) is 11.8 Å². The van der Waals surface area contributed by atoms with Gasteiger partial charge in [0.1, 0.15) is 17.1 Å². The lowest BCUT2D eigenvalue weighted by Crippen LogP contribution is -2.37. The summed E-state index contributed by atoms with van der Waals surface area (Å²) in [6, 6.07) is 8.53. The highest BCUT2D eigenvalue weighted by atomic mass is 35.5. The Hall–Kier alpha value is -3.92. The number of aromatic nitrogens is 1. The number of hydrogen-bond donors (Lipinski definition) is 2. The maximum atomic E-state index is 13.6. The fourth-order valence-electron chi connectivity index (χ4n) is 6.44. The Labute approximate surface area is 255 Å². The molecule has 43 heavy (non-hydrogen) atoms. The van der Waals surface area contributed by atoms with Gasteiger partial charge in [-0.25, -0.2) is 4.98 Å². The first kappa shape index (κ1) is 29.2. The molecule has 3 aromatic rings. The van der Waals surface area contributed by atoms with Crippen LogP contribution in [0, 0.1) is 11.8 Å². The molecule has 1 aromatic carbocycles. The SMILES string of the molecule is O=C(Nc1ccc(Cl)cn1)c1oc2ccc(CC(=O)N3CCCC3)cc2c1NC(=O)C1CCC(C(=O)N2CCCC2)CC1. The van der Waals surface area contributed by atoms with E-state index in [0.29, 0.717) is 41.7 Å². The Morgan fingerprint density at radius 2 is 1.53 bits per heavy atom. The predicted octanol–water partition coefficient (Wildman–Crippen LogP) is 5.27. The first-order valence-electron chi connectivity index (χ1n) is 15.2. The van der Waals surface area contributed by atoms with Crippen molar-refractivity contribution in [2.75, 3.05) is 36.8 Å². The Kier molecular flexibility index (Phi) is 8.65. The minimum absolute atomic E-state index is 0.0409. The zero-order chi connectivity index (χ0) is 29.9. The molecule has 3 aliphatic rings. The zero-order valence-electron chi connectivity index (χ0n) is 24.1. The standard InChI is InChI=1S/C32H36ClN5O5/c33-23-10-12-26(34-19-23)35-31(41)29-28(24-17-20(5-11-25(24)43-29)18-27(39)37-13-1-2-14-37)36-30(40)21-6-8-22(9-7-21)32(42)38-15-3-4-16-38/h5,10-12,17,19,21-22H,1-4,6-9,13-16,18H2,(H,36,40)(H,34,35,41). The lowest BCUT2D eigenvalue weighted by atomic mass is 9.81. The number of anilines is 2. The molecule has 2 saturated heterocycles. The summed E-state index contributed by atoms with van der Waals surface area (Å²) in [6.45, 7) is 3.19. The number of pyridine rings is 1. The molecular formula is C32H36ClN5O5. The van der Waals surface area contributed by atoms with E-state index in [1.807, 2.05) is 21.9 Å². The molecule has 10 nitrogen and oxygen atoms in total. The second-order valence-corrected chi connectivity index (χ2v) is 12.2. The van der Waals surface area contributed by atoms with Crippen LogP contribution in [0.15, 0.2) is 40.9 Å². The molecule has 0 unspecified atom stereocenters. The first-order valence-corrected chi connectivity index (χ1v) is 15.6. The topological polar surface area (TPSA) is 125 Å². The third-order valence-corrected chi connectivity index (χ3v) is 9.08. The van der Waals surface area contributed by atoms with Gasteiger partial charge in [0.25, 0.3) is 5.91 Å². The van der Waals surface area contributed by atoms with Crippen LogP contribution in [0.4, 0.5) is 11.5 Å². The van der Waals surface area contributed by atoms with E-state index >= 15 is 0 Å². The van der Waals surface area contributed by atoms with Crippen molar-refractivity contribution in [2.45, 2.75) is 57.8 Å². The molecule has 0 spiro atoms. The number of rotatable bonds is 7. The van der Waals surface area contributed by atoms with E-state index in [9.17, 15) is 19.2 Å². The number of amides is 4. The molecule has 1 aliphatic carbocycles. The zero-order valence-corrected chi connectivity index (χ0v) is 24.8. The molecule has 11 heteroatoms. The predicted molar refractivity (Wildman–Crippen MR) is 163 cm³/mol. The van der Waals surface area contributed by atoms with Gasteiger partial charge in [0.05, 0.1) is 11.4 Å².